The Kier molecular flexibility index (Phi) is 3.87. The summed E-state index contributed by atoms with van der Waals surface area (Å²) in [6.45, 7) is 1.37. The van der Waals surface area contributed by atoms with E-state index in [4.69, 9.17) is 0 Å². The second-order valence-electron chi connectivity index (χ2n) is 5.08. The summed E-state index contributed by atoms with van der Waals surface area (Å²) < 4.78 is 24.3. The second-order valence-corrected chi connectivity index (χ2v) is 7.07. The average Bonchev–Trinajstić information content (AvgIpc) is 2.70. The highest BCUT2D eigenvalue weighted by molar-refractivity contribution is 7.88. The first-order chi connectivity index (χ1) is 7.55. The Morgan fingerprint density at radius 3 is 2.00 bits per heavy atom. The summed E-state index contributed by atoms with van der Waals surface area (Å²) in [6.07, 6.45) is 8.52. The van der Waals surface area contributed by atoms with Gasteiger partial charge >= 0.3 is 0 Å². The zero-order chi connectivity index (χ0) is 11.6. The monoisotopic (exact) mass is 246 g/mol. The normalized spacial score (nSPS) is 26.3. The molecule has 0 aromatic heterocycles. The number of sulfonamides is 1. The largest absolute Gasteiger partial charge is 0.311 e. The third-order valence-electron chi connectivity index (χ3n) is 3.75. The zero-order valence-corrected chi connectivity index (χ0v) is 10.8. The van der Waals surface area contributed by atoms with Crippen LogP contribution in [0.25, 0.3) is 0 Å². The maximum absolute atomic E-state index is 11.3. The van der Waals surface area contributed by atoms with E-state index in [0.717, 1.165) is 12.8 Å². The maximum atomic E-state index is 11.3. The van der Waals surface area contributed by atoms with Gasteiger partial charge in [-0.25, -0.2) is 12.7 Å². The molecular formula is C11H22N2O2S. The quantitative estimate of drug-likeness (QED) is 0.806. The Balaban J connectivity index is 1.76. The Morgan fingerprint density at radius 1 is 1.00 bits per heavy atom. The molecular weight excluding hydrogens is 224 g/mol. The van der Waals surface area contributed by atoms with Gasteiger partial charge in [0.15, 0.2) is 0 Å². The third-order valence-corrected chi connectivity index (χ3v) is 5.05. The van der Waals surface area contributed by atoms with Crippen molar-refractivity contribution in [3.63, 3.8) is 0 Å². The summed E-state index contributed by atoms with van der Waals surface area (Å²) in [5.74, 6) is 0. The third kappa shape index (κ3) is 3.18. The fourth-order valence-corrected chi connectivity index (χ4v) is 3.65. The molecule has 4 nitrogen and oxygen atoms in total. The van der Waals surface area contributed by atoms with E-state index in [1.165, 1.54) is 31.9 Å². The van der Waals surface area contributed by atoms with Crippen molar-refractivity contribution >= 4 is 10.0 Å². The van der Waals surface area contributed by atoms with Crippen LogP contribution in [0.2, 0.25) is 0 Å². The molecule has 0 unspecified atom stereocenters. The minimum absolute atomic E-state index is 0.529. The molecule has 1 aliphatic heterocycles. The van der Waals surface area contributed by atoms with E-state index in [-0.39, 0.29) is 0 Å². The number of hydrogen-bond donors (Lipinski definition) is 1. The van der Waals surface area contributed by atoms with Crippen LogP contribution in [0.4, 0.5) is 0 Å². The summed E-state index contributed by atoms with van der Waals surface area (Å²) in [4.78, 5) is 0. The number of nitrogens with zero attached hydrogens (tertiary/aromatic N) is 1. The SMILES string of the molecule is CS(=O)(=O)N1CCC(NC2CCCC2)CC1. The van der Waals surface area contributed by atoms with Gasteiger partial charge in [-0.05, 0) is 25.7 Å². The van der Waals surface area contributed by atoms with Crippen molar-refractivity contribution in [1.29, 1.82) is 0 Å². The number of piperidine rings is 1. The van der Waals surface area contributed by atoms with Crippen molar-refractivity contribution in [2.24, 2.45) is 0 Å². The van der Waals surface area contributed by atoms with Crippen LogP contribution < -0.4 is 5.32 Å². The highest BCUT2D eigenvalue weighted by Crippen LogP contribution is 2.21. The minimum Gasteiger partial charge on any atom is -0.311 e. The Bertz CT molecular complexity index is 315. The molecule has 2 fully saturated rings. The van der Waals surface area contributed by atoms with E-state index in [1.54, 1.807) is 4.31 Å². The summed E-state index contributed by atoms with van der Waals surface area (Å²) in [7, 11) is -2.97. The van der Waals surface area contributed by atoms with Crippen LogP contribution in [-0.2, 0) is 10.0 Å². The minimum atomic E-state index is -2.97. The van der Waals surface area contributed by atoms with Crippen molar-refractivity contribution in [3.05, 3.63) is 0 Å². The molecule has 0 aromatic carbocycles. The molecule has 1 aliphatic carbocycles. The molecule has 0 aromatic rings. The lowest BCUT2D eigenvalue weighted by atomic mass is 10.1. The van der Waals surface area contributed by atoms with Gasteiger partial charge in [0.05, 0.1) is 6.26 Å². The molecule has 1 saturated carbocycles. The van der Waals surface area contributed by atoms with Gasteiger partial charge in [0, 0.05) is 25.2 Å². The summed E-state index contributed by atoms with van der Waals surface area (Å²) >= 11 is 0. The number of rotatable bonds is 3. The average molecular weight is 246 g/mol. The van der Waals surface area contributed by atoms with Crippen LogP contribution in [-0.4, -0.2) is 44.2 Å². The van der Waals surface area contributed by atoms with Crippen molar-refractivity contribution in [2.45, 2.75) is 50.6 Å². The topological polar surface area (TPSA) is 49.4 Å². The van der Waals surface area contributed by atoms with Crippen LogP contribution in [0.3, 0.4) is 0 Å². The molecule has 0 spiro atoms. The first-order valence-electron chi connectivity index (χ1n) is 6.27. The van der Waals surface area contributed by atoms with Gasteiger partial charge < -0.3 is 5.32 Å². The molecule has 0 atom stereocenters. The van der Waals surface area contributed by atoms with Crippen molar-refractivity contribution in [2.75, 3.05) is 19.3 Å². The fourth-order valence-electron chi connectivity index (χ4n) is 2.78. The van der Waals surface area contributed by atoms with Crippen molar-refractivity contribution in [1.82, 2.24) is 9.62 Å². The van der Waals surface area contributed by atoms with Gasteiger partial charge in [0.2, 0.25) is 10.0 Å². The first-order valence-corrected chi connectivity index (χ1v) is 8.12. The van der Waals surface area contributed by atoms with E-state index in [2.05, 4.69) is 5.32 Å². The number of nitrogens with one attached hydrogen (secondary N) is 1. The molecule has 2 aliphatic rings. The van der Waals surface area contributed by atoms with E-state index in [9.17, 15) is 8.42 Å². The van der Waals surface area contributed by atoms with Crippen LogP contribution in [0.15, 0.2) is 0 Å². The lowest BCUT2D eigenvalue weighted by molar-refractivity contribution is 0.274. The molecule has 0 radical (unpaired) electrons. The highest BCUT2D eigenvalue weighted by atomic mass is 32.2. The molecule has 0 amide bonds. The van der Waals surface area contributed by atoms with Gasteiger partial charge in [-0.2, -0.15) is 0 Å². The summed E-state index contributed by atoms with van der Waals surface area (Å²) in [5.41, 5.74) is 0. The van der Waals surface area contributed by atoms with Gasteiger partial charge in [-0.15, -0.1) is 0 Å². The molecule has 16 heavy (non-hydrogen) atoms. The van der Waals surface area contributed by atoms with Crippen LogP contribution in [0.1, 0.15) is 38.5 Å². The maximum Gasteiger partial charge on any atom is 0.211 e. The van der Waals surface area contributed by atoms with Gasteiger partial charge in [-0.1, -0.05) is 12.8 Å². The Hall–Kier alpha value is -0.130. The molecule has 94 valence electrons. The Morgan fingerprint density at radius 2 is 1.50 bits per heavy atom. The predicted octanol–water partition coefficient (Wildman–Crippen LogP) is 0.943. The molecule has 1 heterocycles. The van der Waals surface area contributed by atoms with E-state index in [1.807, 2.05) is 0 Å². The van der Waals surface area contributed by atoms with Crippen LogP contribution in [0.5, 0.6) is 0 Å². The molecule has 1 N–H and O–H groups in total. The first kappa shape index (κ1) is 12.3. The fraction of sp³-hybridized carbons (Fsp3) is 1.00. The molecule has 0 bridgehead atoms. The summed E-state index contributed by atoms with van der Waals surface area (Å²) in [5, 5.41) is 3.67. The molecule has 5 heteroatoms. The predicted molar refractivity (Wildman–Crippen MR) is 64.8 cm³/mol. The lowest BCUT2D eigenvalue weighted by Crippen LogP contribution is -2.46. The summed E-state index contributed by atoms with van der Waals surface area (Å²) in [6, 6.07) is 1.22. The smallest absolute Gasteiger partial charge is 0.211 e. The van der Waals surface area contributed by atoms with E-state index < -0.39 is 10.0 Å². The van der Waals surface area contributed by atoms with Crippen LogP contribution >= 0.6 is 0 Å². The van der Waals surface area contributed by atoms with Crippen LogP contribution in [0, 0.1) is 0 Å². The second kappa shape index (κ2) is 5.02. The molecule has 2 rings (SSSR count). The van der Waals surface area contributed by atoms with Gasteiger partial charge in [-0.3, -0.25) is 0 Å². The number of hydrogen-bond acceptors (Lipinski definition) is 3. The van der Waals surface area contributed by atoms with Crippen molar-refractivity contribution < 1.29 is 8.42 Å². The van der Waals surface area contributed by atoms with Gasteiger partial charge in [0.25, 0.3) is 0 Å². The van der Waals surface area contributed by atoms with Gasteiger partial charge in [0.1, 0.15) is 0 Å². The highest BCUT2D eigenvalue weighted by Gasteiger charge is 2.26. The lowest BCUT2D eigenvalue weighted by Gasteiger charge is -2.32. The van der Waals surface area contributed by atoms with E-state index in [0.29, 0.717) is 25.2 Å². The molecule has 1 saturated heterocycles. The van der Waals surface area contributed by atoms with E-state index >= 15 is 0 Å². The zero-order valence-electron chi connectivity index (χ0n) is 9.98. The van der Waals surface area contributed by atoms with Crippen molar-refractivity contribution in [3.8, 4) is 0 Å². The standard InChI is InChI=1S/C11H22N2O2S/c1-16(14,15)13-8-6-11(7-9-13)12-10-4-2-3-5-10/h10-12H,2-9H2,1H3. The Labute approximate surface area is 98.4 Å².